The summed E-state index contributed by atoms with van der Waals surface area (Å²) in [6, 6.07) is 17.8. The van der Waals surface area contributed by atoms with Crippen molar-refractivity contribution in [3.8, 4) is 17.1 Å². The van der Waals surface area contributed by atoms with Gasteiger partial charge < -0.3 is 14.6 Å². The van der Waals surface area contributed by atoms with Crippen molar-refractivity contribution in [2.24, 2.45) is 0 Å². The van der Waals surface area contributed by atoms with Gasteiger partial charge >= 0.3 is 0 Å². The Bertz CT molecular complexity index is 1170. The number of nitrogens with zero attached hydrogens (tertiary/aromatic N) is 3. The lowest BCUT2D eigenvalue weighted by Crippen LogP contribution is -2.28. The van der Waals surface area contributed by atoms with Gasteiger partial charge in [0.2, 0.25) is 5.88 Å². The van der Waals surface area contributed by atoms with E-state index in [-0.39, 0.29) is 12.5 Å². The van der Waals surface area contributed by atoms with Gasteiger partial charge in [-0.05, 0) is 17.5 Å². The minimum atomic E-state index is -0.234. The smallest absolute Gasteiger partial charge is 0.265 e. The van der Waals surface area contributed by atoms with Crippen LogP contribution in [0.15, 0.2) is 59.1 Å². The molecule has 7 heteroatoms. The van der Waals surface area contributed by atoms with Crippen LogP contribution in [0.1, 0.15) is 30.8 Å². The number of hydrogen-bond acceptors (Lipinski definition) is 6. The summed E-state index contributed by atoms with van der Waals surface area (Å²) in [6.07, 6.45) is 1.59. The van der Waals surface area contributed by atoms with E-state index in [1.165, 1.54) is 5.56 Å². The number of rotatable bonds is 8. The topological polar surface area (TPSA) is 90.1 Å². The second kappa shape index (κ2) is 9.38. The monoisotopic (exact) mass is 416 g/mol. The Morgan fingerprint density at radius 2 is 1.71 bits per heavy atom. The van der Waals surface area contributed by atoms with E-state index in [9.17, 15) is 4.79 Å². The zero-order chi connectivity index (χ0) is 21.6. The van der Waals surface area contributed by atoms with Crippen LogP contribution < -0.4 is 10.1 Å². The first-order valence-electron chi connectivity index (χ1n) is 10.4. The number of fused-ring (bicyclic) bond motifs is 1. The summed E-state index contributed by atoms with van der Waals surface area (Å²) in [4.78, 5) is 21.2. The maximum Gasteiger partial charge on any atom is 0.265 e. The third-order valence-corrected chi connectivity index (χ3v) is 4.97. The molecule has 0 fully saturated rings. The molecule has 0 unspecified atom stereocenters. The first kappa shape index (κ1) is 20.5. The number of carbonyl (C=O) groups is 1. The largest absolute Gasteiger partial charge is 0.467 e. The van der Waals surface area contributed by atoms with Crippen molar-refractivity contribution in [3.63, 3.8) is 0 Å². The predicted octanol–water partition coefficient (Wildman–Crippen LogP) is 4.10. The quantitative estimate of drug-likeness (QED) is 0.465. The van der Waals surface area contributed by atoms with E-state index in [1.807, 2.05) is 49.4 Å². The lowest BCUT2D eigenvalue weighted by atomic mass is 10.1. The minimum Gasteiger partial charge on any atom is -0.467 e. The Hall–Kier alpha value is -3.74. The van der Waals surface area contributed by atoms with Crippen LogP contribution in [0.4, 0.5) is 0 Å². The zero-order valence-corrected chi connectivity index (χ0v) is 17.6. The Morgan fingerprint density at radius 1 is 0.968 bits per heavy atom. The van der Waals surface area contributed by atoms with E-state index in [4.69, 9.17) is 9.26 Å². The van der Waals surface area contributed by atoms with E-state index in [0.717, 1.165) is 17.5 Å². The average Bonchev–Trinajstić information content (AvgIpc) is 3.26. The highest BCUT2D eigenvalue weighted by atomic mass is 16.5. The molecule has 0 bridgehead atoms. The Labute approximate surface area is 180 Å². The number of benzene rings is 2. The maximum atomic E-state index is 12.4. The summed E-state index contributed by atoms with van der Waals surface area (Å²) < 4.78 is 11.2. The van der Waals surface area contributed by atoms with Gasteiger partial charge in [-0.3, -0.25) is 4.79 Å². The molecule has 4 aromatic rings. The van der Waals surface area contributed by atoms with Crippen molar-refractivity contribution in [2.45, 2.75) is 33.2 Å². The first-order valence-corrected chi connectivity index (χ1v) is 10.4. The SMILES string of the molecule is CCc1ccc(CNC(=O)COc2nc(CC)nc3onc(-c4ccccc4)c23)cc1. The van der Waals surface area contributed by atoms with Crippen LogP contribution in [-0.2, 0) is 24.2 Å². The molecule has 1 N–H and O–H groups in total. The number of nitrogens with one attached hydrogen (secondary N) is 1. The highest BCUT2D eigenvalue weighted by molar-refractivity contribution is 5.93. The van der Waals surface area contributed by atoms with Crippen LogP contribution in [-0.4, -0.2) is 27.6 Å². The van der Waals surface area contributed by atoms with Gasteiger partial charge in [-0.1, -0.05) is 73.6 Å². The van der Waals surface area contributed by atoms with Crippen LogP contribution in [0, 0.1) is 0 Å². The second-order valence-corrected chi connectivity index (χ2v) is 7.11. The highest BCUT2D eigenvalue weighted by Gasteiger charge is 2.20. The van der Waals surface area contributed by atoms with E-state index < -0.39 is 0 Å². The Balaban J connectivity index is 1.50. The normalized spacial score (nSPS) is 10.9. The van der Waals surface area contributed by atoms with Crippen LogP contribution in [0.5, 0.6) is 5.88 Å². The van der Waals surface area contributed by atoms with E-state index >= 15 is 0 Å². The number of ether oxygens (including phenoxy) is 1. The molecule has 7 nitrogen and oxygen atoms in total. The fourth-order valence-corrected chi connectivity index (χ4v) is 3.20. The lowest BCUT2D eigenvalue weighted by molar-refractivity contribution is -0.123. The fraction of sp³-hybridized carbons (Fsp3) is 0.250. The number of amides is 1. The van der Waals surface area contributed by atoms with E-state index in [0.29, 0.717) is 41.5 Å². The van der Waals surface area contributed by atoms with Crippen LogP contribution in [0.25, 0.3) is 22.4 Å². The van der Waals surface area contributed by atoms with Crippen molar-refractivity contribution in [3.05, 3.63) is 71.5 Å². The lowest BCUT2D eigenvalue weighted by Gasteiger charge is -2.09. The second-order valence-electron chi connectivity index (χ2n) is 7.11. The number of aryl methyl sites for hydroxylation is 2. The summed E-state index contributed by atoms with van der Waals surface area (Å²) >= 11 is 0. The predicted molar refractivity (Wildman–Crippen MR) is 118 cm³/mol. The van der Waals surface area contributed by atoms with Crippen LogP contribution in [0.3, 0.4) is 0 Å². The molecule has 0 saturated carbocycles. The minimum absolute atomic E-state index is 0.165. The van der Waals surface area contributed by atoms with Gasteiger partial charge in [0.05, 0.1) is 0 Å². The summed E-state index contributed by atoms with van der Waals surface area (Å²) in [5.41, 5.74) is 4.09. The highest BCUT2D eigenvalue weighted by Crippen LogP contribution is 2.33. The Kier molecular flexibility index (Phi) is 6.21. The molecule has 2 aromatic heterocycles. The zero-order valence-electron chi connectivity index (χ0n) is 17.6. The molecule has 0 saturated heterocycles. The maximum absolute atomic E-state index is 12.4. The average molecular weight is 416 g/mol. The van der Waals surface area contributed by atoms with Gasteiger partial charge in [0.15, 0.2) is 6.61 Å². The molecule has 0 radical (unpaired) electrons. The molecule has 0 aliphatic heterocycles. The van der Waals surface area contributed by atoms with Gasteiger partial charge in [-0.25, -0.2) is 0 Å². The standard InChI is InChI=1S/C24H24N4O3/c1-3-16-10-12-17(13-11-16)14-25-20(29)15-30-23-21-22(18-8-6-5-7-9-18)28-31-24(21)27-19(4-2)26-23/h5-13H,3-4,14-15H2,1-2H3,(H,25,29). The molecular formula is C24H24N4O3. The van der Waals surface area contributed by atoms with Crippen molar-refractivity contribution >= 4 is 17.0 Å². The molecule has 4 rings (SSSR count). The number of hydrogen-bond donors (Lipinski definition) is 1. The van der Waals surface area contributed by atoms with Gasteiger partial charge in [-0.15, -0.1) is 0 Å². The number of aromatic nitrogens is 3. The summed E-state index contributed by atoms with van der Waals surface area (Å²) in [5, 5.41) is 7.60. The molecule has 0 atom stereocenters. The van der Waals surface area contributed by atoms with Gasteiger partial charge in [0, 0.05) is 18.5 Å². The molecule has 1 amide bonds. The molecular weight excluding hydrogens is 392 g/mol. The van der Waals surface area contributed by atoms with E-state index in [1.54, 1.807) is 0 Å². The summed E-state index contributed by atoms with van der Waals surface area (Å²) in [7, 11) is 0. The molecule has 158 valence electrons. The fourth-order valence-electron chi connectivity index (χ4n) is 3.20. The summed E-state index contributed by atoms with van der Waals surface area (Å²) in [6.45, 7) is 4.33. The third-order valence-electron chi connectivity index (χ3n) is 4.97. The summed E-state index contributed by atoms with van der Waals surface area (Å²) in [5.74, 6) is 0.626. The molecule has 2 aromatic carbocycles. The van der Waals surface area contributed by atoms with Crippen molar-refractivity contribution < 1.29 is 14.1 Å². The molecule has 31 heavy (non-hydrogen) atoms. The van der Waals surface area contributed by atoms with Crippen molar-refractivity contribution in [1.82, 2.24) is 20.4 Å². The molecule has 0 aliphatic rings. The first-order chi connectivity index (χ1) is 15.2. The van der Waals surface area contributed by atoms with Crippen molar-refractivity contribution in [2.75, 3.05) is 6.61 Å². The van der Waals surface area contributed by atoms with Crippen molar-refractivity contribution in [1.29, 1.82) is 0 Å². The molecule has 0 aliphatic carbocycles. The Morgan fingerprint density at radius 3 is 2.42 bits per heavy atom. The third kappa shape index (κ3) is 4.71. The van der Waals surface area contributed by atoms with Crippen LogP contribution >= 0.6 is 0 Å². The molecule has 0 spiro atoms. The van der Waals surface area contributed by atoms with Gasteiger partial charge in [-0.2, -0.15) is 9.97 Å². The number of carbonyl (C=O) groups excluding carboxylic acids is 1. The van der Waals surface area contributed by atoms with E-state index in [2.05, 4.69) is 39.5 Å². The van der Waals surface area contributed by atoms with Crippen LogP contribution in [0.2, 0.25) is 0 Å². The van der Waals surface area contributed by atoms with Gasteiger partial charge in [0.25, 0.3) is 11.6 Å². The van der Waals surface area contributed by atoms with Gasteiger partial charge in [0.1, 0.15) is 16.9 Å². The molecule has 2 heterocycles.